The quantitative estimate of drug-likeness (QED) is 0.804. The van der Waals surface area contributed by atoms with Gasteiger partial charge < -0.3 is 5.32 Å². The topological polar surface area (TPSA) is 59.1 Å². The van der Waals surface area contributed by atoms with Gasteiger partial charge in [0.2, 0.25) is 5.91 Å². The summed E-state index contributed by atoms with van der Waals surface area (Å²) in [5.74, 6) is -0.751. The monoisotopic (exact) mass is 238 g/mol. The van der Waals surface area contributed by atoms with Crippen LogP contribution in [0.1, 0.15) is 36.8 Å². The number of rotatable bonds is 2. The molecule has 1 aromatic heterocycles. The van der Waals surface area contributed by atoms with Crippen molar-refractivity contribution in [2.45, 2.75) is 27.7 Å². The SMILES string of the molecule is Cc1nc(NC(=O)C(C)(C)C)c(C=O)cc1F. The minimum absolute atomic E-state index is 0.0331. The van der Waals surface area contributed by atoms with Gasteiger partial charge in [-0.2, -0.15) is 0 Å². The number of anilines is 1. The van der Waals surface area contributed by atoms with E-state index in [1.165, 1.54) is 6.92 Å². The van der Waals surface area contributed by atoms with Gasteiger partial charge in [-0.1, -0.05) is 20.8 Å². The van der Waals surface area contributed by atoms with Crippen LogP contribution in [0.2, 0.25) is 0 Å². The van der Waals surface area contributed by atoms with Crippen molar-refractivity contribution in [3.8, 4) is 0 Å². The number of amides is 1. The molecule has 17 heavy (non-hydrogen) atoms. The van der Waals surface area contributed by atoms with Crippen LogP contribution in [0.4, 0.5) is 10.2 Å². The minimum atomic E-state index is -0.607. The van der Waals surface area contributed by atoms with Gasteiger partial charge in [0.15, 0.2) is 6.29 Å². The summed E-state index contributed by atoms with van der Waals surface area (Å²) >= 11 is 0. The van der Waals surface area contributed by atoms with Crippen LogP contribution < -0.4 is 5.32 Å². The molecule has 4 nitrogen and oxygen atoms in total. The van der Waals surface area contributed by atoms with Crippen molar-refractivity contribution >= 4 is 18.0 Å². The van der Waals surface area contributed by atoms with E-state index in [1.54, 1.807) is 20.8 Å². The fourth-order valence-corrected chi connectivity index (χ4v) is 1.08. The first-order chi connectivity index (χ1) is 7.75. The number of aromatic nitrogens is 1. The molecular weight excluding hydrogens is 223 g/mol. The van der Waals surface area contributed by atoms with Gasteiger partial charge in [0.25, 0.3) is 0 Å². The van der Waals surface area contributed by atoms with Crippen LogP contribution >= 0.6 is 0 Å². The normalized spacial score (nSPS) is 11.1. The highest BCUT2D eigenvalue weighted by Crippen LogP contribution is 2.19. The number of hydrogen-bond donors (Lipinski definition) is 1. The molecule has 0 bridgehead atoms. The third-order valence-electron chi connectivity index (χ3n) is 2.22. The molecular formula is C12H15FN2O2. The van der Waals surface area contributed by atoms with Gasteiger partial charge in [0.05, 0.1) is 11.3 Å². The number of nitrogens with one attached hydrogen (secondary N) is 1. The minimum Gasteiger partial charge on any atom is -0.310 e. The number of carbonyl (C=O) groups excluding carboxylic acids is 2. The molecule has 1 aromatic rings. The number of carbonyl (C=O) groups is 2. The van der Waals surface area contributed by atoms with Crippen LogP contribution in [0.5, 0.6) is 0 Å². The van der Waals surface area contributed by atoms with Crippen molar-refractivity contribution in [1.29, 1.82) is 0 Å². The summed E-state index contributed by atoms with van der Waals surface area (Å²) in [5, 5.41) is 2.52. The summed E-state index contributed by atoms with van der Waals surface area (Å²) in [6.45, 7) is 6.68. The van der Waals surface area contributed by atoms with E-state index in [9.17, 15) is 14.0 Å². The number of halogens is 1. The van der Waals surface area contributed by atoms with Crippen LogP contribution in [0.15, 0.2) is 6.07 Å². The molecule has 0 aliphatic heterocycles. The Bertz CT molecular complexity index is 464. The van der Waals surface area contributed by atoms with E-state index < -0.39 is 11.2 Å². The Morgan fingerprint density at radius 2 is 2.06 bits per heavy atom. The maximum atomic E-state index is 13.2. The predicted octanol–water partition coefficient (Wildman–Crippen LogP) is 2.33. The standard InChI is InChI=1S/C12H15FN2O2/c1-7-9(13)5-8(6-16)10(14-7)15-11(17)12(2,3)4/h5-6H,1-4H3,(H,14,15,17). The average Bonchev–Trinajstić information content (AvgIpc) is 2.21. The zero-order chi connectivity index (χ0) is 13.2. The highest BCUT2D eigenvalue weighted by molar-refractivity contribution is 5.97. The van der Waals surface area contributed by atoms with Gasteiger partial charge in [0, 0.05) is 5.41 Å². The first-order valence-corrected chi connectivity index (χ1v) is 5.19. The molecule has 0 aromatic carbocycles. The van der Waals surface area contributed by atoms with Crippen molar-refractivity contribution in [3.05, 3.63) is 23.1 Å². The van der Waals surface area contributed by atoms with Gasteiger partial charge >= 0.3 is 0 Å². The van der Waals surface area contributed by atoms with E-state index in [-0.39, 0.29) is 23.0 Å². The molecule has 0 saturated heterocycles. The van der Waals surface area contributed by atoms with Crippen molar-refractivity contribution in [1.82, 2.24) is 4.98 Å². The summed E-state index contributed by atoms with van der Waals surface area (Å²) in [5.41, 5.74) is -0.435. The summed E-state index contributed by atoms with van der Waals surface area (Å²) in [7, 11) is 0. The number of aldehydes is 1. The Balaban J connectivity index is 3.10. The molecule has 0 aliphatic rings. The summed E-state index contributed by atoms with van der Waals surface area (Å²) < 4.78 is 13.2. The second kappa shape index (κ2) is 4.61. The van der Waals surface area contributed by atoms with Crippen molar-refractivity contribution < 1.29 is 14.0 Å². The van der Waals surface area contributed by atoms with Crippen LogP contribution in [0, 0.1) is 18.2 Å². The lowest BCUT2D eigenvalue weighted by Crippen LogP contribution is -2.28. The zero-order valence-electron chi connectivity index (χ0n) is 10.3. The fourth-order valence-electron chi connectivity index (χ4n) is 1.08. The smallest absolute Gasteiger partial charge is 0.230 e. The van der Waals surface area contributed by atoms with Gasteiger partial charge in [0.1, 0.15) is 11.6 Å². The second-order valence-corrected chi connectivity index (χ2v) is 4.82. The Kier molecular flexibility index (Phi) is 3.60. The maximum absolute atomic E-state index is 13.2. The lowest BCUT2D eigenvalue weighted by Gasteiger charge is -2.18. The second-order valence-electron chi connectivity index (χ2n) is 4.82. The molecule has 1 rings (SSSR count). The molecule has 0 unspecified atom stereocenters. The molecule has 0 saturated carbocycles. The lowest BCUT2D eigenvalue weighted by molar-refractivity contribution is -0.123. The lowest BCUT2D eigenvalue weighted by atomic mass is 9.95. The Hall–Kier alpha value is -1.78. The molecule has 1 amide bonds. The van der Waals surface area contributed by atoms with E-state index >= 15 is 0 Å². The largest absolute Gasteiger partial charge is 0.310 e. The Morgan fingerprint density at radius 1 is 1.47 bits per heavy atom. The van der Waals surface area contributed by atoms with Crippen molar-refractivity contribution in [3.63, 3.8) is 0 Å². The number of aryl methyl sites for hydroxylation is 1. The van der Waals surface area contributed by atoms with Crippen LogP contribution in [-0.2, 0) is 4.79 Å². The third kappa shape index (κ3) is 3.09. The molecule has 0 spiro atoms. The average molecular weight is 238 g/mol. The summed E-state index contributed by atoms with van der Waals surface area (Å²) in [4.78, 5) is 26.4. The van der Waals surface area contributed by atoms with E-state index in [0.717, 1.165) is 6.07 Å². The molecule has 0 radical (unpaired) electrons. The van der Waals surface area contributed by atoms with E-state index in [0.29, 0.717) is 6.29 Å². The van der Waals surface area contributed by atoms with Gasteiger partial charge in [-0.3, -0.25) is 9.59 Å². The Morgan fingerprint density at radius 3 is 2.53 bits per heavy atom. The molecule has 0 aliphatic carbocycles. The van der Waals surface area contributed by atoms with Crippen LogP contribution in [0.3, 0.4) is 0 Å². The van der Waals surface area contributed by atoms with E-state index in [1.807, 2.05) is 0 Å². The van der Waals surface area contributed by atoms with Gasteiger partial charge in [-0.05, 0) is 13.0 Å². The zero-order valence-corrected chi connectivity index (χ0v) is 10.3. The highest BCUT2D eigenvalue weighted by atomic mass is 19.1. The first kappa shape index (κ1) is 13.3. The number of pyridine rings is 1. The van der Waals surface area contributed by atoms with Gasteiger partial charge in [-0.25, -0.2) is 9.37 Å². The van der Waals surface area contributed by atoms with Crippen LogP contribution in [0.25, 0.3) is 0 Å². The predicted molar refractivity (Wildman–Crippen MR) is 62.4 cm³/mol. The van der Waals surface area contributed by atoms with Crippen LogP contribution in [-0.4, -0.2) is 17.2 Å². The summed E-state index contributed by atoms with van der Waals surface area (Å²) in [6, 6.07) is 1.06. The molecule has 1 heterocycles. The van der Waals surface area contributed by atoms with E-state index in [4.69, 9.17) is 0 Å². The van der Waals surface area contributed by atoms with E-state index in [2.05, 4.69) is 10.3 Å². The van der Waals surface area contributed by atoms with Gasteiger partial charge in [-0.15, -0.1) is 0 Å². The third-order valence-corrected chi connectivity index (χ3v) is 2.22. The molecule has 1 N–H and O–H groups in total. The molecule has 92 valence electrons. The Labute approximate surface area is 99.2 Å². The first-order valence-electron chi connectivity index (χ1n) is 5.19. The number of nitrogens with zero attached hydrogens (tertiary/aromatic N) is 1. The highest BCUT2D eigenvalue weighted by Gasteiger charge is 2.23. The molecule has 5 heteroatoms. The van der Waals surface area contributed by atoms with Crippen molar-refractivity contribution in [2.75, 3.05) is 5.32 Å². The maximum Gasteiger partial charge on any atom is 0.230 e. The summed E-state index contributed by atoms with van der Waals surface area (Å²) in [6.07, 6.45) is 0.466. The molecule has 0 fully saturated rings. The van der Waals surface area contributed by atoms with Crippen molar-refractivity contribution in [2.24, 2.45) is 5.41 Å². The fraction of sp³-hybridized carbons (Fsp3) is 0.417. The molecule has 0 atom stereocenters. The number of hydrogen-bond acceptors (Lipinski definition) is 3.